The molecular formula is C18H24N2O5. The zero-order valence-corrected chi connectivity index (χ0v) is 14.5. The van der Waals surface area contributed by atoms with Crippen LogP contribution in [0.2, 0.25) is 0 Å². The van der Waals surface area contributed by atoms with Crippen molar-refractivity contribution in [2.75, 3.05) is 6.61 Å². The second kappa shape index (κ2) is 8.50. The highest BCUT2D eigenvalue weighted by molar-refractivity contribution is 5.97. The Bertz CT molecular complexity index is 659. The number of phenolic OH excluding ortho intramolecular Hbond substituents is 1. The number of benzene rings is 1. The van der Waals surface area contributed by atoms with Gasteiger partial charge in [-0.05, 0) is 43.4 Å². The molecule has 7 heteroatoms. The van der Waals surface area contributed by atoms with E-state index < -0.39 is 24.5 Å². The van der Waals surface area contributed by atoms with E-state index in [9.17, 15) is 19.5 Å². The van der Waals surface area contributed by atoms with Crippen molar-refractivity contribution in [3.8, 4) is 5.75 Å². The summed E-state index contributed by atoms with van der Waals surface area (Å²) in [5.74, 6) is -1.39. The van der Waals surface area contributed by atoms with Gasteiger partial charge in [0.25, 0.3) is 5.91 Å². The van der Waals surface area contributed by atoms with Crippen LogP contribution in [0.25, 0.3) is 0 Å². The molecule has 0 radical (unpaired) electrons. The van der Waals surface area contributed by atoms with Crippen LogP contribution in [-0.4, -0.2) is 35.7 Å². The molecule has 1 aromatic carbocycles. The van der Waals surface area contributed by atoms with Gasteiger partial charge in [0.2, 0.25) is 0 Å². The number of hydrogen-bond donors (Lipinski definition) is 3. The molecule has 1 fully saturated rings. The number of aryl methyl sites for hydroxylation is 1. The summed E-state index contributed by atoms with van der Waals surface area (Å²) in [6, 6.07) is 3.96. The lowest BCUT2D eigenvalue weighted by atomic mass is 9.86. The van der Waals surface area contributed by atoms with Crippen molar-refractivity contribution in [3.05, 3.63) is 29.3 Å². The topological polar surface area (TPSA) is 105 Å². The molecule has 0 saturated heterocycles. The van der Waals surface area contributed by atoms with Crippen molar-refractivity contribution >= 4 is 17.9 Å². The molecule has 1 aliphatic carbocycles. The van der Waals surface area contributed by atoms with Crippen LogP contribution in [0.1, 0.15) is 48.5 Å². The molecule has 0 aromatic heterocycles. The number of esters is 1. The minimum atomic E-state index is -0.825. The van der Waals surface area contributed by atoms with E-state index in [0.717, 1.165) is 31.2 Å². The SMILES string of the molecule is Cc1ccc(C(=O)OCC(=O)NC(=O)N[C@@H]2CCCC[C@H]2C)c(O)c1. The number of carbonyl (C=O) groups excluding carboxylic acids is 3. The van der Waals surface area contributed by atoms with Crippen molar-refractivity contribution < 1.29 is 24.2 Å². The van der Waals surface area contributed by atoms with E-state index >= 15 is 0 Å². The standard InChI is InChI=1S/C18H24N2O5/c1-11-7-8-13(15(21)9-11)17(23)25-10-16(22)20-18(24)19-14-6-4-3-5-12(14)2/h7-9,12,14,21H,3-6,10H2,1-2H3,(H2,19,20,22,24)/t12-,14-/m1/s1. The second-order valence-electron chi connectivity index (χ2n) is 6.49. The van der Waals surface area contributed by atoms with Crippen LogP contribution in [0.15, 0.2) is 18.2 Å². The quantitative estimate of drug-likeness (QED) is 0.724. The molecule has 3 amide bonds. The van der Waals surface area contributed by atoms with Crippen molar-refractivity contribution in [2.24, 2.45) is 5.92 Å². The molecule has 0 aliphatic heterocycles. The van der Waals surface area contributed by atoms with Crippen LogP contribution < -0.4 is 10.6 Å². The second-order valence-corrected chi connectivity index (χ2v) is 6.49. The minimum absolute atomic E-state index is 0.0288. The number of imide groups is 1. The Morgan fingerprint density at radius 2 is 1.96 bits per heavy atom. The molecule has 0 bridgehead atoms. The van der Waals surface area contributed by atoms with Gasteiger partial charge in [-0.1, -0.05) is 25.8 Å². The minimum Gasteiger partial charge on any atom is -0.507 e. The third-order valence-electron chi connectivity index (χ3n) is 4.39. The molecule has 0 unspecified atom stereocenters. The summed E-state index contributed by atoms with van der Waals surface area (Å²) >= 11 is 0. The van der Waals surface area contributed by atoms with E-state index in [4.69, 9.17) is 4.74 Å². The average Bonchev–Trinajstić information content (AvgIpc) is 2.54. The first-order chi connectivity index (χ1) is 11.9. The van der Waals surface area contributed by atoms with Gasteiger partial charge in [0, 0.05) is 6.04 Å². The summed E-state index contributed by atoms with van der Waals surface area (Å²) < 4.78 is 4.83. The molecule has 0 heterocycles. The van der Waals surface area contributed by atoms with Crippen LogP contribution >= 0.6 is 0 Å². The number of carbonyl (C=O) groups is 3. The van der Waals surface area contributed by atoms with Crippen molar-refractivity contribution in [2.45, 2.75) is 45.6 Å². The number of phenols is 1. The molecule has 3 N–H and O–H groups in total. The third-order valence-corrected chi connectivity index (χ3v) is 4.39. The van der Waals surface area contributed by atoms with Crippen LogP contribution in [0, 0.1) is 12.8 Å². The van der Waals surface area contributed by atoms with Crippen LogP contribution in [0.3, 0.4) is 0 Å². The maximum absolute atomic E-state index is 11.9. The van der Waals surface area contributed by atoms with Gasteiger partial charge in [-0.2, -0.15) is 0 Å². The average molecular weight is 348 g/mol. The van der Waals surface area contributed by atoms with E-state index in [1.807, 2.05) is 0 Å². The zero-order valence-electron chi connectivity index (χ0n) is 14.5. The number of rotatable bonds is 4. The lowest BCUT2D eigenvalue weighted by Crippen LogP contribution is -2.48. The summed E-state index contributed by atoms with van der Waals surface area (Å²) in [6.45, 7) is 3.25. The molecule has 7 nitrogen and oxygen atoms in total. The lowest BCUT2D eigenvalue weighted by Gasteiger charge is -2.29. The predicted octanol–water partition coefficient (Wildman–Crippen LogP) is 2.26. The van der Waals surface area contributed by atoms with Crippen LogP contribution in [-0.2, 0) is 9.53 Å². The van der Waals surface area contributed by atoms with Gasteiger partial charge in [-0.3, -0.25) is 10.1 Å². The first-order valence-electron chi connectivity index (χ1n) is 8.44. The first kappa shape index (κ1) is 18.8. The van der Waals surface area contributed by atoms with E-state index in [1.165, 1.54) is 12.1 Å². The summed E-state index contributed by atoms with van der Waals surface area (Å²) in [6.07, 6.45) is 4.16. The van der Waals surface area contributed by atoms with Crippen molar-refractivity contribution in [3.63, 3.8) is 0 Å². The van der Waals surface area contributed by atoms with Gasteiger partial charge in [0.05, 0.1) is 0 Å². The summed E-state index contributed by atoms with van der Waals surface area (Å²) in [7, 11) is 0. The monoisotopic (exact) mass is 348 g/mol. The van der Waals surface area contributed by atoms with Gasteiger partial charge >= 0.3 is 12.0 Å². The molecule has 2 atom stereocenters. The number of hydrogen-bond acceptors (Lipinski definition) is 5. The van der Waals surface area contributed by atoms with Crippen LogP contribution in [0.4, 0.5) is 4.79 Å². The summed E-state index contributed by atoms with van der Waals surface area (Å²) in [4.78, 5) is 35.5. The van der Waals surface area contributed by atoms with Gasteiger partial charge in [-0.25, -0.2) is 9.59 Å². The summed E-state index contributed by atoms with van der Waals surface area (Å²) in [5, 5.41) is 14.6. The lowest BCUT2D eigenvalue weighted by molar-refractivity contribution is -0.123. The Labute approximate surface area is 146 Å². The fourth-order valence-electron chi connectivity index (χ4n) is 2.92. The third kappa shape index (κ3) is 5.48. The normalized spacial score (nSPS) is 19.8. The fraction of sp³-hybridized carbons (Fsp3) is 0.500. The number of ether oxygens (including phenoxy) is 1. The Morgan fingerprint density at radius 3 is 2.64 bits per heavy atom. The number of nitrogens with one attached hydrogen (secondary N) is 2. The first-order valence-corrected chi connectivity index (χ1v) is 8.44. The van der Waals surface area contributed by atoms with Gasteiger partial charge in [-0.15, -0.1) is 0 Å². The van der Waals surface area contributed by atoms with E-state index in [0.29, 0.717) is 5.92 Å². The highest BCUT2D eigenvalue weighted by atomic mass is 16.5. The molecular weight excluding hydrogens is 324 g/mol. The zero-order chi connectivity index (χ0) is 18.4. The highest BCUT2D eigenvalue weighted by Crippen LogP contribution is 2.23. The number of amides is 3. The molecule has 1 aliphatic rings. The van der Waals surface area contributed by atoms with Crippen molar-refractivity contribution in [1.29, 1.82) is 0 Å². The molecule has 1 saturated carbocycles. The Morgan fingerprint density at radius 1 is 1.24 bits per heavy atom. The Balaban J connectivity index is 1.77. The number of urea groups is 1. The van der Waals surface area contributed by atoms with Gasteiger partial charge in [0.15, 0.2) is 6.61 Å². The highest BCUT2D eigenvalue weighted by Gasteiger charge is 2.23. The molecule has 0 spiro atoms. The van der Waals surface area contributed by atoms with Gasteiger partial charge < -0.3 is 15.2 Å². The molecule has 2 rings (SSSR count). The smallest absolute Gasteiger partial charge is 0.342 e. The molecule has 1 aromatic rings. The fourth-order valence-corrected chi connectivity index (χ4v) is 2.92. The Kier molecular flexibility index (Phi) is 6.38. The van der Waals surface area contributed by atoms with E-state index in [1.54, 1.807) is 13.0 Å². The maximum atomic E-state index is 11.9. The maximum Gasteiger partial charge on any atom is 0.342 e. The molecule has 136 valence electrons. The predicted molar refractivity (Wildman–Crippen MR) is 91.2 cm³/mol. The van der Waals surface area contributed by atoms with Crippen LogP contribution in [0.5, 0.6) is 5.75 Å². The Hall–Kier alpha value is -2.57. The summed E-state index contributed by atoms with van der Waals surface area (Å²) in [5.41, 5.74) is 0.763. The number of aromatic hydroxyl groups is 1. The van der Waals surface area contributed by atoms with Crippen molar-refractivity contribution in [1.82, 2.24) is 10.6 Å². The van der Waals surface area contributed by atoms with E-state index in [-0.39, 0.29) is 17.4 Å². The molecule has 25 heavy (non-hydrogen) atoms. The largest absolute Gasteiger partial charge is 0.507 e. The van der Waals surface area contributed by atoms with Gasteiger partial charge in [0.1, 0.15) is 11.3 Å². The van der Waals surface area contributed by atoms with E-state index in [2.05, 4.69) is 17.6 Å².